The summed E-state index contributed by atoms with van der Waals surface area (Å²) in [5.74, 6) is 0. The summed E-state index contributed by atoms with van der Waals surface area (Å²) < 4.78 is 11.7. The molecule has 0 saturated heterocycles. The van der Waals surface area contributed by atoms with Crippen LogP contribution in [-0.4, -0.2) is 4.57 Å². The van der Waals surface area contributed by atoms with E-state index in [1.54, 1.807) is 0 Å². The molecule has 272 valence electrons. The molecule has 12 rings (SSSR count). The lowest BCUT2D eigenvalue weighted by molar-refractivity contribution is 0.670. The van der Waals surface area contributed by atoms with Crippen LogP contribution in [0.25, 0.3) is 91.9 Å². The molecular formula is C54H34N2OS. The first-order valence-corrected chi connectivity index (χ1v) is 20.5. The maximum Gasteiger partial charge on any atom is 0.143 e. The summed E-state index contributed by atoms with van der Waals surface area (Å²) in [6.07, 6.45) is 0. The summed E-state index contributed by atoms with van der Waals surface area (Å²) in [6, 6.07) is 74.3. The van der Waals surface area contributed by atoms with E-state index in [1.165, 1.54) is 42.1 Å². The lowest BCUT2D eigenvalue weighted by atomic mass is 9.99. The molecular weight excluding hydrogens is 725 g/mol. The van der Waals surface area contributed by atoms with Gasteiger partial charge in [0, 0.05) is 69.7 Å². The Bertz CT molecular complexity index is 3540. The van der Waals surface area contributed by atoms with Gasteiger partial charge >= 0.3 is 0 Å². The Kier molecular flexibility index (Phi) is 7.40. The molecule has 0 N–H and O–H groups in total. The Morgan fingerprint density at radius 3 is 1.90 bits per heavy atom. The topological polar surface area (TPSA) is 21.3 Å². The van der Waals surface area contributed by atoms with Crippen LogP contribution >= 0.6 is 11.3 Å². The van der Waals surface area contributed by atoms with Crippen molar-refractivity contribution in [2.45, 2.75) is 0 Å². The Morgan fingerprint density at radius 2 is 1.00 bits per heavy atom. The molecule has 0 aliphatic rings. The number of aromatic nitrogens is 1. The van der Waals surface area contributed by atoms with E-state index in [1.807, 2.05) is 17.4 Å². The number of anilines is 3. The number of furan rings is 1. The fourth-order valence-electron chi connectivity index (χ4n) is 9.14. The molecule has 0 saturated carbocycles. The standard InChI is InChI=1S/C54H34N2OS/c1-2-17-35(18-3-1)55(45-28-9-5-20-37(45)42-26-15-27-43-39-22-8-13-34-51(39)58-54(42)43)48-31-16-32-49-52(48)44-23-6-11-30-47(44)56(49)46-29-10-4-19-36(46)40-24-14-25-41-38-21-7-12-33-50(38)57-53(40)41/h1-34H. The van der Waals surface area contributed by atoms with Gasteiger partial charge in [0.25, 0.3) is 0 Å². The van der Waals surface area contributed by atoms with Gasteiger partial charge in [-0.1, -0.05) is 152 Å². The molecule has 0 unspecified atom stereocenters. The molecule has 9 aromatic carbocycles. The van der Waals surface area contributed by atoms with Gasteiger partial charge in [-0.3, -0.25) is 0 Å². The number of thiophene rings is 1. The Labute approximate surface area is 338 Å². The van der Waals surface area contributed by atoms with Crippen molar-refractivity contribution >= 4 is 92.3 Å². The molecule has 0 fully saturated rings. The van der Waals surface area contributed by atoms with E-state index < -0.39 is 0 Å². The van der Waals surface area contributed by atoms with E-state index in [0.717, 1.165) is 66.8 Å². The van der Waals surface area contributed by atoms with Gasteiger partial charge in [0.1, 0.15) is 11.2 Å². The number of para-hydroxylation sites is 6. The van der Waals surface area contributed by atoms with E-state index in [4.69, 9.17) is 4.42 Å². The largest absolute Gasteiger partial charge is 0.455 e. The average molecular weight is 759 g/mol. The van der Waals surface area contributed by atoms with Gasteiger partial charge in [-0.15, -0.1) is 11.3 Å². The average Bonchev–Trinajstić information content (AvgIpc) is 3.97. The highest BCUT2D eigenvalue weighted by Gasteiger charge is 2.25. The lowest BCUT2D eigenvalue weighted by Gasteiger charge is -2.29. The third kappa shape index (κ3) is 4.92. The Hall–Kier alpha value is -7.40. The van der Waals surface area contributed by atoms with Crippen molar-refractivity contribution in [1.82, 2.24) is 4.57 Å². The van der Waals surface area contributed by atoms with Crippen LogP contribution in [0.5, 0.6) is 0 Å². The molecule has 12 aromatic rings. The van der Waals surface area contributed by atoms with Gasteiger partial charge in [-0.25, -0.2) is 0 Å². The zero-order valence-electron chi connectivity index (χ0n) is 31.3. The van der Waals surface area contributed by atoms with Gasteiger partial charge in [0.15, 0.2) is 0 Å². The predicted molar refractivity (Wildman–Crippen MR) is 247 cm³/mol. The zero-order valence-corrected chi connectivity index (χ0v) is 32.2. The monoisotopic (exact) mass is 758 g/mol. The third-order valence-electron chi connectivity index (χ3n) is 11.6. The van der Waals surface area contributed by atoms with Gasteiger partial charge < -0.3 is 13.9 Å². The minimum Gasteiger partial charge on any atom is -0.455 e. The third-order valence-corrected chi connectivity index (χ3v) is 12.8. The predicted octanol–water partition coefficient (Wildman–Crippen LogP) is 15.9. The van der Waals surface area contributed by atoms with E-state index in [9.17, 15) is 0 Å². The molecule has 0 aliphatic carbocycles. The van der Waals surface area contributed by atoms with Crippen molar-refractivity contribution in [2.24, 2.45) is 0 Å². The first kappa shape index (κ1) is 32.8. The minimum absolute atomic E-state index is 0.897. The van der Waals surface area contributed by atoms with Crippen LogP contribution in [0.3, 0.4) is 0 Å². The van der Waals surface area contributed by atoms with Crippen LogP contribution in [-0.2, 0) is 0 Å². The van der Waals surface area contributed by atoms with E-state index in [2.05, 4.69) is 210 Å². The van der Waals surface area contributed by atoms with Crippen molar-refractivity contribution in [3.8, 4) is 27.9 Å². The van der Waals surface area contributed by atoms with Gasteiger partial charge in [-0.05, 0) is 54.6 Å². The zero-order chi connectivity index (χ0) is 38.2. The van der Waals surface area contributed by atoms with Crippen LogP contribution in [0.15, 0.2) is 211 Å². The first-order chi connectivity index (χ1) is 28.8. The number of nitrogens with zero attached hydrogens (tertiary/aromatic N) is 2. The highest BCUT2D eigenvalue weighted by Crippen LogP contribution is 2.49. The van der Waals surface area contributed by atoms with E-state index in [0.29, 0.717) is 0 Å². The molecule has 0 amide bonds. The van der Waals surface area contributed by atoms with Crippen molar-refractivity contribution in [3.05, 3.63) is 206 Å². The summed E-state index contributed by atoms with van der Waals surface area (Å²) in [5, 5.41) is 7.22. The summed E-state index contributed by atoms with van der Waals surface area (Å²) in [7, 11) is 0. The number of hydrogen-bond donors (Lipinski definition) is 0. The molecule has 3 heterocycles. The highest BCUT2D eigenvalue weighted by atomic mass is 32.1. The number of hydrogen-bond acceptors (Lipinski definition) is 3. The van der Waals surface area contributed by atoms with Gasteiger partial charge in [0.05, 0.1) is 28.1 Å². The normalized spacial score (nSPS) is 11.8. The molecule has 3 nitrogen and oxygen atoms in total. The number of fused-ring (bicyclic) bond motifs is 9. The quantitative estimate of drug-likeness (QED) is 0.168. The smallest absolute Gasteiger partial charge is 0.143 e. The summed E-state index contributed by atoms with van der Waals surface area (Å²) in [5.41, 5.74) is 13.1. The molecule has 4 heteroatoms. The fraction of sp³-hybridized carbons (Fsp3) is 0. The summed E-state index contributed by atoms with van der Waals surface area (Å²) >= 11 is 1.87. The second kappa shape index (κ2) is 13.1. The number of benzene rings is 9. The van der Waals surface area contributed by atoms with E-state index in [-0.39, 0.29) is 0 Å². The van der Waals surface area contributed by atoms with E-state index >= 15 is 0 Å². The fourth-order valence-corrected chi connectivity index (χ4v) is 10.4. The second-order valence-corrected chi connectivity index (χ2v) is 15.8. The first-order valence-electron chi connectivity index (χ1n) is 19.7. The van der Waals surface area contributed by atoms with Crippen LogP contribution in [0.4, 0.5) is 17.1 Å². The number of rotatable bonds is 6. The molecule has 0 atom stereocenters. The SMILES string of the molecule is c1ccc(N(c2ccccc2-c2cccc3c2sc2ccccc23)c2cccc3c2c2ccccc2n3-c2ccccc2-c2cccc3c2oc2ccccc23)cc1. The molecule has 0 radical (unpaired) electrons. The van der Waals surface area contributed by atoms with Crippen molar-refractivity contribution in [3.63, 3.8) is 0 Å². The van der Waals surface area contributed by atoms with Crippen molar-refractivity contribution in [1.29, 1.82) is 0 Å². The molecule has 0 spiro atoms. The van der Waals surface area contributed by atoms with Gasteiger partial charge in [0.2, 0.25) is 0 Å². The molecule has 0 bridgehead atoms. The minimum atomic E-state index is 0.897. The molecule has 3 aromatic heterocycles. The second-order valence-electron chi connectivity index (χ2n) is 14.8. The molecule has 0 aliphatic heterocycles. The van der Waals surface area contributed by atoms with Gasteiger partial charge in [-0.2, -0.15) is 0 Å². The highest BCUT2D eigenvalue weighted by molar-refractivity contribution is 7.26. The lowest BCUT2D eigenvalue weighted by Crippen LogP contribution is -2.11. The van der Waals surface area contributed by atoms with Crippen LogP contribution in [0, 0.1) is 0 Å². The van der Waals surface area contributed by atoms with Crippen molar-refractivity contribution in [2.75, 3.05) is 4.90 Å². The summed E-state index contributed by atoms with van der Waals surface area (Å²) in [6.45, 7) is 0. The van der Waals surface area contributed by atoms with Crippen LogP contribution in [0.2, 0.25) is 0 Å². The maximum absolute atomic E-state index is 6.61. The Balaban J connectivity index is 1.13. The van der Waals surface area contributed by atoms with Crippen molar-refractivity contribution < 1.29 is 4.42 Å². The Morgan fingerprint density at radius 1 is 0.397 bits per heavy atom. The van der Waals surface area contributed by atoms with Crippen LogP contribution < -0.4 is 4.90 Å². The maximum atomic E-state index is 6.61. The molecule has 58 heavy (non-hydrogen) atoms. The summed E-state index contributed by atoms with van der Waals surface area (Å²) in [4.78, 5) is 2.46. The van der Waals surface area contributed by atoms with Crippen LogP contribution in [0.1, 0.15) is 0 Å².